The number of hydrogen-bond acceptors (Lipinski definition) is 4. The molecule has 0 fully saturated rings. The molecule has 2 aromatic heterocycles. The molecule has 0 aromatic carbocycles. The first-order valence-electron chi connectivity index (χ1n) is 4.67. The normalized spacial score (nSPS) is 10.9. The third-order valence-corrected chi connectivity index (χ3v) is 2.98. The Morgan fingerprint density at radius 3 is 2.80 bits per heavy atom. The second-order valence-corrected chi connectivity index (χ2v) is 4.59. The average molecular weight is 221 g/mol. The van der Waals surface area contributed by atoms with E-state index in [9.17, 15) is 4.79 Å². The highest BCUT2D eigenvalue weighted by Gasteiger charge is 2.07. The maximum atomic E-state index is 10.5. The molecule has 0 aliphatic heterocycles. The van der Waals surface area contributed by atoms with Gasteiger partial charge in [0.1, 0.15) is 11.3 Å². The molecule has 0 atom stereocenters. The number of carbonyl (C=O) groups is 1. The van der Waals surface area contributed by atoms with Crippen LogP contribution in [-0.2, 0) is 0 Å². The number of nitrogens with zero attached hydrogens (tertiary/aromatic N) is 3. The Kier molecular flexibility index (Phi) is 2.64. The number of thiophene rings is 1. The van der Waals surface area contributed by atoms with Gasteiger partial charge in [0.2, 0.25) is 0 Å². The molecule has 0 saturated heterocycles. The van der Waals surface area contributed by atoms with Crippen LogP contribution in [-0.4, -0.2) is 21.1 Å². The molecule has 5 heteroatoms. The molecule has 0 radical (unpaired) electrons. The molecule has 0 spiro atoms. The lowest BCUT2D eigenvalue weighted by Gasteiger charge is -1.96. The van der Waals surface area contributed by atoms with Gasteiger partial charge in [-0.1, -0.05) is 13.8 Å². The summed E-state index contributed by atoms with van der Waals surface area (Å²) in [5, 5.41) is 5.24. The molecule has 0 unspecified atom stereocenters. The van der Waals surface area contributed by atoms with Crippen LogP contribution in [0, 0.1) is 0 Å². The maximum absolute atomic E-state index is 10.5. The van der Waals surface area contributed by atoms with E-state index >= 15 is 0 Å². The molecule has 0 N–H and O–H groups in total. The van der Waals surface area contributed by atoms with Gasteiger partial charge in [-0.2, -0.15) is 5.10 Å². The molecule has 0 bridgehead atoms. The van der Waals surface area contributed by atoms with E-state index in [1.807, 2.05) is 19.9 Å². The van der Waals surface area contributed by atoms with Crippen molar-refractivity contribution in [2.45, 2.75) is 19.8 Å². The second-order valence-electron chi connectivity index (χ2n) is 3.50. The topological polar surface area (TPSA) is 47.8 Å². The predicted octanol–water partition coefficient (Wildman–Crippen LogP) is 2.26. The Balaban J connectivity index is 2.32. The lowest BCUT2D eigenvalue weighted by Crippen LogP contribution is -1.94. The van der Waals surface area contributed by atoms with E-state index < -0.39 is 0 Å². The van der Waals surface area contributed by atoms with Crippen LogP contribution in [0.15, 0.2) is 18.5 Å². The van der Waals surface area contributed by atoms with Gasteiger partial charge in [-0.05, 0) is 12.1 Å². The molecule has 0 amide bonds. The molecule has 2 aromatic rings. The molecule has 2 rings (SSSR count). The smallest absolute Gasteiger partial charge is 0.160 e. The van der Waals surface area contributed by atoms with Gasteiger partial charge in [0.15, 0.2) is 12.1 Å². The zero-order valence-corrected chi connectivity index (χ0v) is 9.36. The van der Waals surface area contributed by atoms with Crippen molar-refractivity contribution in [2.24, 2.45) is 0 Å². The number of rotatable bonds is 3. The molecule has 0 saturated carbocycles. The van der Waals surface area contributed by atoms with Gasteiger partial charge < -0.3 is 0 Å². The fourth-order valence-corrected chi connectivity index (χ4v) is 1.92. The highest BCUT2D eigenvalue weighted by molar-refractivity contribution is 7.16. The van der Waals surface area contributed by atoms with Gasteiger partial charge in [0.05, 0.1) is 4.88 Å². The van der Waals surface area contributed by atoms with Gasteiger partial charge in [0.25, 0.3) is 0 Å². The van der Waals surface area contributed by atoms with Crippen LogP contribution in [0.5, 0.6) is 0 Å². The average Bonchev–Trinajstić information content (AvgIpc) is 2.86. The van der Waals surface area contributed by atoms with Crippen LogP contribution in [0.4, 0.5) is 0 Å². The highest BCUT2D eigenvalue weighted by Crippen LogP contribution is 2.19. The van der Waals surface area contributed by atoms with Crippen LogP contribution in [0.2, 0.25) is 0 Å². The Morgan fingerprint density at radius 1 is 1.47 bits per heavy atom. The van der Waals surface area contributed by atoms with E-state index in [1.54, 1.807) is 17.1 Å². The summed E-state index contributed by atoms with van der Waals surface area (Å²) in [4.78, 5) is 15.4. The summed E-state index contributed by atoms with van der Waals surface area (Å²) in [5.41, 5.74) is 0. The van der Waals surface area contributed by atoms with Crippen molar-refractivity contribution in [2.75, 3.05) is 0 Å². The Labute approximate surface area is 91.6 Å². The van der Waals surface area contributed by atoms with Crippen molar-refractivity contribution in [1.82, 2.24) is 14.8 Å². The predicted molar refractivity (Wildman–Crippen MR) is 58.7 cm³/mol. The minimum atomic E-state index is 0.316. The molecule has 78 valence electrons. The summed E-state index contributed by atoms with van der Waals surface area (Å²) in [5.74, 6) is 1.13. The van der Waals surface area contributed by atoms with Crippen LogP contribution in [0.3, 0.4) is 0 Å². The third kappa shape index (κ3) is 1.97. The molecule has 0 aliphatic rings. The summed E-state index contributed by atoms with van der Waals surface area (Å²) in [6.45, 7) is 4.09. The fourth-order valence-electron chi connectivity index (χ4n) is 1.18. The molecule has 4 nitrogen and oxygen atoms in total. The first kappa shape index (κ1) is 10.0. The van der Waals surface area contributed by atoms with E-state index in [0.717, 1.165) is 17.1 Å². The van der Waals surface area contributed by atoms with Gasteiger partial charge >= 0.3 is 0 Å². The van der Waals surface area contributed by atoms with Crippen LogP contribution >= 0.6 is 11.3 Å². The number of aromatic nitrogens is 3. The summed E-state index contributed by atoms with van der Waals surface area (Å²) in [7, 11) is 0. The zero-order chi connectivity index (χ0) is 10.8. The standard InChI is InChI=1S/C10H11N3OS/c1-7(2)10-11-6-13(12-10)9-4-3-8(5-14)15-9/h3-7H,1-2H3. The lowest BCUT2D eigenvalue weighted by molar-refractivity contribution is 0.112. The summed E-state index contributed by atoms with van der Waals surface area (Å²) in [6, 6.07) is 3.65. The van der Waals surface area contributed by atoms with E-state index in [2.05, 4.69) is 10.1 Å². The number of carbonyl (C=O) groups excluding carboxylic acids is 1. The lowest BCUT2D eigenvalue weighted by atomic mass is 10.2. The largest absolute Gasteiger partial charge is 0.297 e. The quantitative estimate of drug-likeness (QED) is 0.747. The van der Waals surface area contributed by atoms with Crippen LogP contribution in [0.25, 0.3) is 5.00 Å². The number of aldehydes is 1. The Bertz CT molecular complexity index is 472. The van der Waals surface area contributed by atoms with Crippen LogP contribution < -0.4 is 0 Å². The van der Waals surface area contributed by atoms with Crippen molar-refractivity contribution >= 4 is 17.6 Å². The molecule has 15 heavy (non-hydrogen) atoms. The summed E-state index contributed by atoms with van der Waals surface area (Å²) >= 11 is 1.40. The molecule has 0 aliphatic carbocycles. The molecule has 2 heterocycles. The Hall–Kier alpha value is -1.49. The first-order valence-corrected chi connectivity index (χ1v) is 5.49. The van der Waals surface area contributed by atoms with E-state index in [4.69, 9.17) is 0 Å². The SMILES string of the molecule is CC(C)c1ncn(-c2ccc(C=O)s2)n1. The van der Waals surface area contributed by atoms with Gasteiger partial charge in [-0.15, -0.1) is 11.3 Å². The molecular formula is C10H11N3OS. The number of hydrogen-bond donors (Lipinski definition) is 0. The Morgan fingerprint density at radius 2 is 2.27 bits per heavy atom. The fraction of sp³-hybridized carbons (Fsp3) is 0.300. The van der Waals surface area contributed by atoms with E-state index in [-0.39, 0.29) is 0 Å². The van der Waals surface area contributed by atoms with Gasteiger partial charge in [-0.25, -0.2) is 9.67 Å². The van der Waals surface area contributed by atoms with E-state index in [1.165, 1.54) is 11.3 Å². The van der Waals surface area contributed by atoms with Crippen molar-refractivity contribution in [3.63, 3.8) is 0 Å². The van der Waals surface area contributed by atoms with Gasteiger partial charge in [0, 0.05) is 5.92 Å². The summed E-state index contributed by atoms with van der Waals surface area (Å²) in [6.07, 6.45) is 2.52. The van der Waals surface area contributed by atoms with E-state index in [0.29, 0.717) is 10.8 Å². The van der Waals surface area contributed by atoms with Crippen LogP contribution in [0.1, 0.15) is 35.3 Å². The highest BCUT2D eigenvalue weighted by atomic mass is 32.1. The minimum Gasteiger partial charge on any atom is -0.297 e. The maximum Gasteiger partial charge on any atom is 0.160 e. The van der Waals surface area contributed by atoms with Gasteiger partial charge in [-0.3, -0.25) is 4.79 Å². The van der Waals surface area contributed by atoms with Crippen molar-refractivity contribution in [3.05, 3.63) is 29.2 Å². The van der Waals surface area contributed by atoms with Crippen molar-refractivity contribution in [3.8, 4) is 5.00 Å². The van der Waals surface area contributed by atoms with Crippen molar-refractivity contribution < 1.29 is 4.79 Å². The van der Waals surface area contributed by atoms with Crippen molar-refractivity contribution in [1.29, 1.82) is 0 Å². The first-order chi connectivity index (χ1) is 7.20. The minimum absolute atomic E-state index is 0.316. The summed E-state index contributed by atoms with van der Waals surface area (Å²) < 4.78 is 1.70. The zero-order valence-electron chi connectivity index (χ0n) is 8.54. The third-order valence-electron chi connectivity index (χ3n) is 1.98. The monoisotopic (exact) mass is 221 g/mol. The molecular weight excluding hydrogens is 210 g/mol. The second kappa shape index (κ2) is 3.94.